The fraction of sp³-hybridized carbons (Fsp3) is 0.500. The van der Waals surface area contributed by atoms with Crippen LogP contribution in [0.2, 0.25) is 5.15 Å². The first kappa shape index (κ1) is 10.4. The normalized spacial score (nSPS) is 15.1. The van der Waals surface area contributed by atoms with Crippen molar-refractivity contribution >= 4 is 23.7 Å². The molecule has 0 radical (unpaired) electrons. The van der Waals surface area contributed by atoms with E-state index in [1.165, 1.54) is 19.2 Å². The van der Waals surface area contributed by atoms with E-state index in [1.807, 2.05) is 11.9 Å². The predicted molar refractivity (Wildman–Crippen MR) is 58.4 cm³/mol. The molecular formula is C10H12ClN3O. The van der Waals surface area contributed by atoms with Gasteiger partial charge in [0.25, 0.3) is 0 Å². The van der Waals surface area contributed by atoms with E-state index in [0.29, 0.717) is 17.7 Å². The first-order chi connectivity index (χ1) is 7.22. The van der Waals surface area contributed by atoms with Crippen molar-refractivity contribution < 1.29 is 4.79 Å². The minimum absolute atomic E-state index is 0.220. The topological polar surface area (TPSA) is 46.1 Å². The van der Waals surface area contributed by atoms with Crippen molar-refractivity contribution in [2.45, 2.75) is 12.8 Å². The molecule has 0 spiro atoms. The zero-order valence-electron chi connectivity index (χ0n) is 8.48. The highest BCUT2D eigenvalue weighted by atomic mass is 35.5. The number of hydrogen-bond acceptors (Lipinski definition) is 4. The Labute approximate surface area is 93.3 Å². The van der Waals surface area contributed by atoms with Crippen molar-refractivity contribution in [3.05, 3.63) is 17.0 Å². The minimum Gasteiger partial charge on any atom is -0.359 e. The molecule has 80 valence electrons. The average molecular weight is 226 g/mol. The lowest BCUT2D eigenvalue weighted by molar-refractivity contribution is 0.112. The van der Waals surface area contributed by atoms with E-state index in [9.17, 15) is 4.79 Å². The Morgan fingerprint density at radius 2 is 2.33 bits per heavy atom. The van der Waals surface area contributed by atoms with Crippen molar-refractivity contribution in [3.63, 3.8) is 0 Å². The molecule has 5 heteroatoms. The van der Waals surface area contributed by atoms with E-state index < -0.39 is 0 Å². The first-order valence-corrected chi connectivity index (χ1v) is 5.27. The lowest BCUT2D eigenvalue weighted by atomic mass is 10.3. The third-order valence-corrected chi connectivity index (χ3v) is 2.82. The summed E-state index contributed by atoms with van der Waals surface area (Å²) in [6.07, 6.45) is 4.62. The summed E-state index contributed by atoms with van der Waals surface area (Å²) in [5, 5.41) is 0.220. The van der Waals surface area contributed by atoms with Gasteiger partial charge in [0.1, 0.15) is 17.3 Å². The molecule has 15 heavy (non-hydrogen) atoms. The number of rotatable bonds is 4. The Kier molecular flexibility index (Phi) is 2.86. The molecule has 0 saturated heterocycles. The number of halogens is 1. The van der Waals surface area contributed by atoms with E-state index in [4.69, 9.17) is 11.6 Å². The second-order valence-electron chi connectivity index (χ2n) is 3.84. The number of carbonyl (C=O) groups excluding carboxylic acids is 1. The van der Waals surface area contributed by atoms with E-state index in [0.717, 1.165) is 12.5 Å². The predicted octanol–water partition coefficient (Wildman–Crippen LogP) is 1.79. The molecule has 4 nitrogen and oxygen atoms in total. The van der Waals surface area contributed by atoms with Crippen LogP contribution in [0.5, 0.6) is 0 Å². The summed E-state index contributed by atoms with van der Waals surface area (Å²) in [7, 11) is 1.92. The molecule has 1 aliphatic carbocycles. The molecule has 0 N–H and O–H groups in total. The highest BCUT2D eigenvalue weighted by Gasteiger charge is 2.24. The monoisotopic (exact) mass is 225 g/mol. The van der Waals surface area contributed by atoms with Crippen molar-refractivity contribution in [2.24, 2.45) is 5.92 Å². The number of anilines is 1. The summed E-state index contributed by atoms with van der Waals surface area (Å²) >= 11 is 5.82. The van der Waals surface area contributed by atoms with Gasteiger partial charge in [0.2, 0.25) is 0 Å². The summed E-state index contributed by atoms with van der Waals surface area (Å²) in [4.78, 5) is 20.7. The van der Waals surface area contributed by atoms with E-state index in [1.54, 1.807) is 0 Å². The van der Waals surface area contributed by atoms with Crippen LogP contribution in [0, 0.1) is 5.92 Å². The van der Waals surface area contributed by atoms with Crippen molar-refractivity contribution in [3.8, 4) is 0 Å². The zero-order chi connectivity index (χ0) is 10.8. The molecule has 1 aliphatic rings. The van der Waals surface area contributed by atoms with Crippen LogP contribution in [0.15, 0.2) is 6.33 Å². The summed E-state index contributed by atoms with van der Waals surface area (Å²) in [6.45, 7) is 0.925. The summed E-state index contributed by atoms with van der Waals surface area (Å²) in [5.74, 6) is 1.36. The summed E-state index contributed by atoms with van der Waals surface area (Å²) in [6, 6.07) is 0. The van der Waals surface area contributed by atoms with Crippen molar-refractivity contribution in [1.82, 2.24) is 9.97 Å². The summed E-state index contributed by atoms with van der Waals surface area (Å²) < 4.78 is 0. The maximum atomic E-state index is 10.9. The van der Waals surface area contributed by atoms with Gasteiger partial charge >= 0.3 is 0 Å². The van der Waals surface area contributed by atoms with Gasteiger partial charge in [-0.15, -0.1) is 0 Å². The van der Waals surface area contributed by atoms with Gasteiger partial charge in [-0.3, -0.25) is 4.79 Å². The quantitative estimate of drug-likeness (QED) is 0.579. The Hall–Kier alpha value is -1.16. The van der Waals surface area contributed by atoms with Gasteiger partial charge < -0.3 is 4.90 Å². The van der Waals surface area contributed by atoms with Gasteiger partial charge in [0, 0.05) is 13.6 Å². The second kappa shape index (κ2) is 4.14. The molecule has 2 rings (SSSR count). The van der Waals surface area contributed by atoms with Gasteiger partial charge in [-0.05, 0) is 18.8 Å². The Morgan fingerprint density at radius 1 is 1.60 bits per heavy atom. The van der Waals surface area contributed by atoms with Crippen LogP contribution in [0.1, 0.15) is 23.2 Å². The fourth-order valence-electron chi connectivity index (χ4n) is 1.55. The van der Waals surface area contributed by atoms with E-state index in [-0.39, 0.29) is 5.15 Å². The van der Waals surface area contributed by atoms with Gasteiger partial charge in [-0.2, -0.15) is 0 Å². The van der Waals surface area contributed by atoms with Crippen LogP contribution in [-0.4, -0.2) is 29.8 Å². The van der Waals surface area contributed by atoms with Gasteiger partial charge in [-0.1, -0.05) is 11.6 Å². The molecule has 0 aliphatic heterocycles. The van der Waals surface area contributed by atoms with E-state index in [2.05, 4.69) is 9.97 Å². The Bertz CT molecular complexity index is 379. The van der Waals surface area contributed by atoms with Crippen molar-refractivity contribution in [2.75, 3.05) is 18.5 Å². The molecule has 1 aromatic heterocycles. The second-order valence-corrected chi connectivity index (χ2v) is 4.20. The highest BCUT2D eigenvalue weighted by molar-refractivity contribution is 6.32. The van der Waals surface area contributed by atoms with Crippen LogP contribution < -0.4 is 4.90 Å². The number of hydrogen-bond donors (Lipinski definition) is 0. The van der Waals surface area contributed by atoms with Crippen LogP contribution in [0.3, 0.4) is 0 Å². The van der Waals surface area contributed by atoms with Crippen LogP contribution in [-0.2, 0) is 0 Å². The number of aldehydes is 1. The van der Waals surface area contributed by atoms with Crippen LogP contribution in [0.4, 0.5) is 5.82 Å². The van der Waals surface area contributed by atoms with Crippen LogP contribution in [0.25, 0.3) is 0 Å². The lowest BCUT2D eigenvalue weighted by Gasteiger charge is -2.19. The van der Waals surface area contributed by atoms with E-state index >= 15 is 0 Å². The van der Waals surface area contributed by atoms with Crippen LogP contribution >= 0.6 is 11.6 Å². The summed E-state index contributed by atoms with van der Waals surface area (Å²) in [5.41, 5.74) is 0.377. The smallest absolute Gasteiger partial charge is 0.156 e. The van der Waals surface area contributed by atoms with Gasteiger partial charge in [-0.25, -0.2) is 9.97 Å². The first-order valence-electron chi connectivity index (χ1n) is 4.89. The molecule has 1 fully saturated rings. The fourth-order valence-corrected chi connectivity index (χ4v) is 1.72. The van der Waals surface area contributed by atoms with Gasteiger partial charge in [0.05, 0.1) is 5.56 Å². The molecule has 0 atom stereocenters. The molecule has 1 saturated carbocycles. The Balaban J connectivity index is 2.24. The molecule has 0 amide bonds. The maximum Gasteiger partial charge on any atom is 0.156 e. The third kappa shape index (κ3) is 2.26. The molecular weight excluding hydrogens is 214 g/mol. The lowest BCUT2D eigenvalue weighted by Crippen LogP contribution is -2.22. The SMILES string of the molecule is CN(CC1CC1)c1ncnc(Cl)c1C=O. The standard InChI is InChI=1S/C10H12ClN3O/c1-14(4-7-2-3-7)10-8(5-15)9(11)12-6-13-10/h5-7H,2-4H2,1H3. The number of nitrogens with zero attached hydrogens (tertiary/aromatic N) is 3. The molecule has 0 aromatic carbocycles. The number of aromatic nitrogens is 2. The zero-order valence-corrected chi connectivity index (χ0v) is 9.24. The molecule has 0 unspecified atom stereocenters. The average Bonchev–Trinajstić information content (AvgIpc) is 3.01. The molecule has 1 aromatic rings. The Morgan fingerprint density at radius 3 is 2.93 bits per heavy atom. The third-order valence-electron chi connectivity index (χ3n) is 2.52. The minimum atomic E-state index is 0.220. The largest absolute Gasteiger partial charge is 0.359 e. The molecule has 0 bridgehead atoms. The van der Waals surface area contributed by atoms with Crippen molar-refractivity contribution in [1.29, 1.82) is 0 Å². The highest BCUT2D eigenvalue weighted by Crippen LogP contribution is 2.31. The van der Waals surface area contributed by atoms with Gasteiger partial charge in [0.15, 0.2) is 6.29 Å². The maximum absolute atomic E-state index is 10.9. The molecule has 1 heterocycles. The number of carbonyl (C=O) groups is 1.